The molecule has 202 valence electrons. The van der Waals surface area contributed by atoms with Crippen LogP contribution in [-0.4, -0.2) is 38.8 Å². The molecule has 1 atom stereocenters. The monoisotopic (exact) mass is 541 g/mol. The van der Waals surface area contributed by atoms with Crippen molar-refractivity contribution in [2.24, 2.45) is 0 Å². The van der Waals surface area contributed by atoms with Gasteiger partial charge in [-0.3, -0.25) is 9.59 Å². The molecule has 5 aromatic rings. The molecule has 0 saturated heterocycles. The van der Waals surface area contributed by atoms with E-state index in [1.807, 2.05) is 12.1 Å². The molecule has 0 spiro atoms. The van der Waals surface area contributed by atoms with E-state index in [4.69, 9.17) is 4.74 Å². The van der Waals surface area contributed by atoms with Crippen LogP contribution < -0.4 is 10.1 Å². The summed E-state index contributed by atoms with van der Waals surface area (Å²) in [6.45, 7) is -0.237. The largest absolute Gasteiger partial charge is 0.497 e. The number of ether oxygens (including phenoxy) is 1. The Hall–Kier alpha value is -5.12. The number of rotatable bonds is 9. The number of carbonyl (C=O) groups is 2. The minimum absolute atomic E-state index is 0.0240. The van der Waals surface area contributed by atoms with E-state index in [2.05, 4.69) is 15.6 Å². The zero-order valence-electron chi connectivity index (χ0n) is 21.5. The van der Waals surface area contributed by atoms with Gasteiger partial charge in [0.1, 0.15) is 35.5 Å². The molecule has 0 unspecified atom stereocenters. The Morgan fingerprint density at radius 2 is 1.55 bits per heavy atom. The summed E-state index contributed by atoms with van der Waals surface area (Å²) in [7, 11) is 1.54. The van der Waals surface area contributed by atoms with E-state index in [-0.39, 0.29) is 13.1 Å². The molecule has 40 heavy (non-hydrogen) atoms. The van der Waals surface area contributed by atoms with Gasteiger partial charge in [0, 0.05) is 12.2 Å². The van der Waals surface area contributed by atoms with Crippen molar-refractivity contribution in [2.75, 3.05) is 12.4 Å². The lowest BCUT2D eigenvalue weighted by Crippen LogP contribution is -2.42. The van der Waals surface area contributed by atoms with Crippen molar-refractivity contribution in [3.63, 3.8) is 0 Å². The molecule has 0 fully saturated rings. The normalized spacial score (nSPS) is 11.7. The lowest BCUT2D eigenvalue weighted by atomic mass is 10.0. The zero-order chi connectivity index (χ0) is 28.1. The van der Waals surface area contributed by atoms with E-state index < -0.39 is 29.5 Å². The average molecular weight is 542 g/mol. The lowest BCUT2D eigenvalue weighted by Gasteiger charge is -2.31. The number of amides is 2. The zero-order valence-corrected chi connectivity index (χ0v) is 21.5. The van der Waals surface area contributed by atoms with Crippen LogP contribution in [0, 0.1) is 11.6 Å². The van der Waals surface area contributed by atoms with Gasteiger partial charge >= 0.3 is 0 Å². The number of nitrogens with one attached hydrogen (secondary N) is 1. The van der Waals surface area contributed by atoms with Gasteiger partial charge in [0.05, 0.1) is 12.6 Å². The molecule has 0 bridgehead atoms. The number of carbonyl (C=O) groups excluding carboxylic acids is 2. The minimum atomic E-state index is -1.16. The van der Waals surface area contributed by atoms with Crippen molar-refractivity contribution in [3.05, 3.63) is 120 Å². The fourth-order valence-corrected chi connectivity index (χ4v) is 4.37. The summed E-state index contributed by atoms with van der Waals surface area (Å²) in [6.07, 6.45) is 0. The number of benzene rings is 4. The molecule has 1 aromatic heterocycles. The average Bonchev–Trinajstić information content (AvgIpc) is 3.37. The Morgan fingerprint density at radius 3 is 2.23 bits per heavy atom. The summed E-state index contributed by atoms with van der Waals surface area (Å²) in [5, 5.41) is 11.1. The summed E-state index contributed by atoms with van der Waals surface area (Å²) < 4.78 is 34.2. The third-order valence-corrected chi connectivity index (χ3v) is 6.40. The Bertz CT molecular complexity index is 1620. The summed E-state index contributed by atoms with van der Waals surface area (Å²) in [5.41, 5.74) is 2.74. The standard InChI is InChI=1S/C30H25F2N5O3/c1-40-25-16-14-24(15-17-25)33-30(39)29(21-8-12-23(32)13-9-21)36(18-20-6-10-22(31)11-7-20)28(38)19-37-27-5-3-2-4-26(27)34-35-37/h2-17,29H,18-19H2,1H3,(H,33,39)/t29-/m0/s1. The second kappa shape index (κ2) is 11.7. The summed E-state index contributed by atoms with van der Waals surface area (Å²) in [5.74, 6) is -1.26. The number of hydrogen-bond donors (Lipinski definition) is 1. The Kier molecular flexibility index (Phi) is 7.77. The number of fused-ring (bicyclic) bond motifs is 1. The smallest absolute Gasteiger partial charge is 0.251 e. The van der Waals surface area contributed by atoms with Crippen LogP contribution in [0.25, 0.3) is 11.0 Å². The van der Waals surface area contributed by atoms with Crippen molar-refractivity contribution in [1.82, 2.24) is 19.9 Å². The maximum Gasteiger partial charge on any atom is 0.251 e. The highest BCUT2D eigenvalue weighted by Crippen LogP contribution is 2.27. The van der Waals surface area contributed by atoms with Crippen LogP contribution in [0.4, 0.5) is 14.5 Å². The SMILES string of the molecule is COc1ccc(NC(=O)[C@H](c2ccc(F)cc2)N(Cc2ccc(F)cc2)C(=O)Cn2nnc3ccccc32)cc1. The van der Waals surface area contributed by atoms with Gasteiger partial charge in [-0.25, -0.2) is 13.5 Å². The summed E-state index contributed by atoms with van der Waals surface area (Å²) >= 11 is 0. The third kappa shape index (κ3) is 5.96. The molecule has 10 heteroatoms. The van der Waals surface area contributed by atoms with Gasteiger partial charge in [-0.1, -0.05) is 41.6 Å². The van der Waals surface area contributed by atoms with Crippen LogP contribution in [0.1, 0.15) is 17.2 Å². The molecular formula is C30H25F2N5O3. The first-order valence-electron chi connectivity index (χ1n) is 12.4. The molecule has 0 aliphatic carbocycles. The second-order valence-corrected chi connectivity index (χ2v) is 9.06. The first-order chi connectivity index (χ1) is 19.4. The van der Waals surface area contributed by atoms with Crippen LogP contribution >= 0.6 is 0 Å². The Balaban J connectivity index is 1.53. The van der Waals surface area contributed by atoms with Crippen LogP contribution in [0.5, 0.6) is 5.75 Å². The molecule has 1 N–H and O–H groups in total. The van der Waals surface area contributed by atoms with E-state index >= 15 is 0 Å². The van der Waals surface area contributed by atoms with Crippen molar-refractivity contribution in [3.8, 4) is 5.75 Å². The molecule has 8 nitrogen and oxygen atoms in total. The van der Waals surface area contributed by atoms with Gasteiger partial charge in [0.2, 0.25) is 5.91 Å². The fourth-order valence-electron chi connectivity index (χ4n) is 4.37. The number of hydrogen-bond acceptors (Lipinski definition) is 5. The summed E-state index contributed by atoms with van der Waals surface area (Å²) in [6, 6.07) is 23.8. The van der Waals surface area contributed by atoms with E-state index in [0.29, 0.717) is 33.6 Å². The highest BCUT2D eigenvalue weighted by Gasteiger charge is 2.32. The van der Waals surface area contributed by atoms with Gasteiger partial charge in [0.15, 0.2) is 0 Å². The number of anilines is 1. The molecule has 4 aromatic carbocycles. The van der Waals surface area contributed by atoms with Gasteiger partial charge in [-0.05, 0) is 71.8 Å². The maximum absolute atomic E-state index is 13.9. The predicted molar refractivity (Wildman–Crippen MR) is 145 cm³/mol. The molecule has 1 heterocycles. The Labute approximate surface area is 228 Å². The highest BCUT2D eigenvalue weighted by molar-refractivity contribution is 5.98. The van der Waals surface area contributed by atoms with Crippen molar-refractivity contribution in [1.29, 1.82) is 0 Å². The summed E-state index contributed by atoms with van der Waals surface area (Å²) in [4.78, 5) is 29.1. The number of halogens is 2. The topological polar surface area (TPSA) is 89.4 Å². The quantitative estimate of drug-likeness (QED) is 0.280. The molecule has 0 aliphatic rings. The molecular weight excluding hydrogens is 516 g/mol. The fraction of sp³-hybridized carbons (Fsp3) is 0.133. The first-order valence-corrected chi connectivity index (χ1v) is 12.4. The Morgan fingerprint density at radius 1 is 0.900 bits per heavy atom. The van der Waals surface area contributed by atoms with Gasteiger partial charge < -0.3 is 15.0 Å². The second-order valence-electron chi connectivity index (χ2n) is 9.06. The van der Waals surface area contributed by atoms with Gasteiger partial charge in [-0.2, -0.15) is 0 Å². The number of nitrogens with zero attached hydrogens (tertiary/aromatic N) is 4. The van der Waals surface area contributed by atoms with Crippen LogP contribution in [-0.2, 0) is 22.7 Å². The first kappa shape index (κ1) is 26.5. The van der Waals surface area contributed by atoms with Crippen LogP contribution in [0.15, 0.2) is 97.1 Å². The van der Waals surface area contributed by atoms with Gasteiger partial charge in [-0.15, -0.1) is 5.10 Å². The number of aromatic nitrogens is 3. The van der Waals surface area contributed by atoms with Crippen LogP contribution in [0.2, 0.25) is 0 Å². The predicted octanol–water partition coefficient (Wildman–Crippen LogP) is 5.13. The molecule has 5 rings (SSSR count). The lowest BCUT2D eigenvalue weighted by molar-refractivity contribution is -0.140. The van der Waals surface area contributed by atoms with Crippen molar-refractivity contribution >= 4 is 28.5 Å². The molecule has 2 amide bonds. The number of para-hydroxylation sites is 1. The third-order valence-electron chi connectivity index (χ3n) is 6.40. The number of methoxy groups -OCH3 is 1. The van der Waals surface area contributed by atoms with Gasteiger partial charge in [0.25, 0.3) is 5.91 Å². The van der Waals surface area contributed by atoms with Crippen molar-refractivity contribution < 1.29 is 23.1 Å². The highest BCUT2D eigenvalue weighted by atomic mass is 19.1. The van der Waals surface area contributed by atoms with E-state index in [1.165, 1.54) is 53.1 Å². The van der Waals surface area contributed by atoms with Crippen LogP contribution in [0.3, 0.4) is 0 Å². The maximum atomic E-state index is 13.9. The van der Waals surface area contributed by atoms with E-state index in [9.17, 15) is 18.4 Å². The van der Waals surface area contributed by atoms with E-state index in [0.717, 1.165) is 0 Å². The minimum Gasteiger partial charge on any atom is -0.497 e. The molecule has 0 aliphatic heterocycles. The van der Waals surface area contributed by atoms with E-state index in [1.54, 1.807) is 48.5 Å². The molecule has 0 radical (unpaired) electrons. The molecule has 0 saturated carbocycles. The van der Waals surface area contributed by atoms with Crippen molar-refractivity contribution in [2.45, 2.75) is 19.1 Å².